The third kappa shape index (κ3) is 3.09. The summed E-state index contributed by atoms with van der Waals surface area (Å²) in [5, 5.41) is 11.9. The first-order chi connectivity index (χ1) is 6.77. The van der Waals surface area contributed by atoms with E-state index in [4.69, 9.17) is 5.11 Å². The van der Waals surface area contributed by atoms with E-state index < -0.39 is 0 Å². The van der Waals surface area contributed by atoms with E-state index in [1.54, 1.807) is 12.1 Å². The van der Waals surface area contributed by atoms with Gasteiger partial charge in [0.15, 0.2) is 0 Å². The van der Waals surface area contributed by atoms with Crippen LogP contribution in [0.5, 0.6) is 0 Å². The van der Waals surface area contributed by atoms with Crippen LogP contribution in [0.15, 0.2) is 24.3 Å². The van der Waals surface area contributed by atoms with Crippen molar-refractivity contribution in [3.8, 4) is 0 Å². The highest BCUT2D eigenvalue weighted by Gasteiger charge is 2.07. The largest absolute Gasteiger partial charge is 0.395 e. The molecule has 14 heavy (non-hydrogen) atoms. The summed E-state index contributed by atoms with van der Waals surface area (Å²) < 4.78 is 12.6. The van der Waals surface area contributed by atoms with E-state index in [1.165, 1.54) is 12.1 Å². The van der Waals surface area contributed by atoms with Crippen molar-refractivity contribution in [3.05, 3.63) is 35.6 Å². The minimum atomic E-state index is -0.217. The van der Waals surface area contributed by atoms with E-state index in [0.29, 0.717) is 6.54 Å². The summed E-state index contributed by atoms with van der Waals surface area (Å²) in [4.78, 5) is 0. The third-order valence-electron chi connectivity index (χ3n) is 2.18. The van der Waals surface area contributed by atoms with Crippen molar-refractivity contribution in [3.63, 3.8) is 0 Å². The van der Waals surface area contributed by atoms with Gasteiger partial charge < -0.3 is 10.4 Å². The topological polar surface area (TPSA) is 32.3 Å². The molecule has 1 aromatic carbocycles. The van der Waals surface area contributed by atoms with Gasteiger partial charge in [0.05, 0.1) is 6.61 Å². The Labute approximate surface area is 83.8 Å². The van der Waals surface area contributed by atoms with Crippen molar-refractivity contribution in [2.24, 2.45) is 0 Å². The molecule has 0 spiro atoms. The molecule has 1 atom stereocenters. The van der Waals surface area contributed by atoms with Crippen LogP contribution in [-0.2, 0) is 0 Å². The Bertz CT molecular complexity index is 260. The molecule has 0 aliphatic carbocycles. The van der Waals surface area contributed by atoms with Gasteiger partial charge in [-0.25, -0.2) is 4.39 Å². The normalized spacial score (nSPS) is 12.8. The Morgan fingerprint density at radius 1 is 1.36 bits per heavy atom. The van der Waals surface area contributed by atoms with Gasteiger partial charge in [-0.05, 0) is 24.1 Å². The Balaban J connectivity index is 2.64. The second kappa shape index (κ2) is 5.73. The molecule has 0 unspecified atom stereocenters. The highest BCUT2D eigenvalue weighted by Crippen LogP contribution is 2.16. The van der Waals surface area contributed by atoms with Gasteiger partial charge in [-0.3, -0.25) is 0 Å². The molecule has 1 rings (SSSR count). The van der Waals surface area contributed by atoms with Gasteiger partial charge in [0, 0.05) is 12.6 Å². The van der Waals surface area contributed by atoms with Crippen LogP contribution in [-0.4, -0.2) is 18.3 Å². The number of aliphatic hydroxyl groups is 1. The SMILES string of the molecule is CC[C@@H](NCCO)c1ccc(F)cc1. The Kier molecular flexibility index (Phi) is 4.56. The highest BCUT2D eigenvalue weighted by molar-refractivity contribution is 5.19. The minimum absolute atomic E-state index is 0.123. The average Bonchev–Trinajstić information content (AvgIpc) is 2.21. The number of hydrogen-bond acceptors (Lipinski definition) is 2. The molecule has 0 heterocycles. The summed E-state index contributed by atoms with van der Waals surface area (Å²) in [5.41, 5.74) is 1.06. The van der Waals surface area contributed by atoms with Crippen LogP contribution in [0.25, 0.3) is 0 Å². The summed E-state index contributed by atoms with van der Waals surface area (Å²) in [5.74, 6) is -0.217. The monoisotopic (exact) mass is 197 g/mol. The van der Waals surface area contributed by atoms with E-state index >= 15 is 0 Å². The molecule has 0 saturated carbocycles. The fourth-order valence-corrected chi connectivity index (χ4v) is 1.43. The van der Waals surface area contributed by atoms with Crippen molar-refractivity contribution >= 4 is 0 Å². The van der Waals surface area contributed by atoms with Crippen molar-refractivity contribution in [2.75, 3.05) is 13.2 Å². The van der Waals surface area contributed by atoms with Crippen LogP contribution in [0.2, 0.25) is 0 Å². The lowest BCUT2D eigenvalue weighted by atomic mass is 10.0. The molecule has 3 heteroatoms. The standard InChI is InChI=1S/C11H16FNO/c1-2-11(13-7-8-14)9-3-5-10(12)6-4-9/h3-6,11,13-14H,2,7-8H2,1H3/t11-/m1/s1. The van der Waals surface area contributed by atoms with E-state index in [0.717, 1.165) is 12.0 Å². The first-order valence-corrected chi connectivity index (χ1v) is 4.87. The lowest BCUT2D eigenvalue weighted by Gasteiger charge is -2.16. The van der Waals surface area contributed by atoms with E-state index in [2.05, 4.69) is 12.2 Å². The highest BCUT2D eigenvalue weighted by atomic mass is 19.1. The predicted octanol–water partition coefficient (Wildman–Crippen LogP) is 1.86. The first-order valence-electron chi connectivity index (χ1n) is 4.87. The Hall–Kier alpha value is -0.930. The minimum Gasteiger partial charge on any atom is -0.395 e. The lowest BCUT2D eigenvalue weighted by Crippen LogP contribution is -2.23. The van der Waals surface area contributed by atoms with Gasteiger partial charge in [-0.15, -0.1) is 0 Å². The fraction of sp³-hybridized carbons (Fsp3) is 0.455. The van der Waals surface area contributed by atoms with Crippen LogP contribution >= 0.6 is 0 Å². The quantitative estimate of drug-likeness (QED) is 0.755. The maximum absolute atomic E-state index is 12.6. The molecule has 2 nitrogen and oxygen atoms in total. The van der Waals surface area contributed by atoms with Gasteiger partial charge in [-0.1, -0.05) is 19.1 Å². The van der Waals surface area contributed by atoms with Crippen LogP contribution in [0.3, 0.4) is 0 Å². The van der Waals surface area contributed by atoms with Crippen molar-refractivity contribution in [1.82, 2.24) is 5.32 Å². The molecule has 0 aliphatic rings. The number of rotatable bonds is 5. The fourth-order valence-electron chi connectivity index (χ4n) is 1.43. The van der Waals surface area contributed by atoms with Gasteiger partial charge in [0.25, 0.3) is 0 Å². The maximum atomic E-state index is 12.6. The van der Waals surface area contributed by atoms with Crippen LogP contribution in [0.1, 0.15) is 24.9 Å². The molecular formula is C11H16FNO. The third-order valence-corrected chi connectivity index (χ3v) is 2.18. The molecule has 0 aromatic heterocycles. The summed E-state index contributed by atoms with van der Waals surface area (Å²) in [7, 11) is 0. The van der Waals surface area contributed by atoms with Gasteiger partial charge in [0.1, 0.15) is 5.82 Å². The van der Waals surface area contributed by atoms with Crippen LogP contribution in [0, 0.1) is 5.82 Å². The van der Waals surface area contributed by atoms with E-state index in [-0.39, 0.29) is 18.5 Å². The zero-order valence-corrected chi connectivity index (χ0v) is 8.33. The molecule has 2 N–H and O–H groups in total. The number of halogens is 1. The molecule has 0 aliphatic heterocycles. The molecule has 0 radical (unpaired) electrons. The molecule has 0 amide bonds. The zero-order chi connectivity index (χ0) is 10.4. The molecular weight excluding hydrogens is 181 g/mol. The molecule has 78 valence electrons. The second-order valence-electron chi connectivity index (χ2n) is 3.19. The summed E-state index contributed by atoms with van der Waals surface area (Å²) in [6, 6.07) is 6.65. The molecule has 0 fully saturated rings. The van der Waals surface area contributed by atoms with Crippen LogP contribution < -0.4 is 5.32 Å². The Morgan fingerprint density at radius 2 is 2.00 bits per heavy atom. The van der Waals surface area contributed by atoms with Gasteiger partial charge in [0.2, 0.25) is 0 Å². The zero-order valence-electron chi connectivity index (χ0n) is 8.33. The molecule has 0 saturated heterocycles. The number of benzene rings is 1. The number of hydrogen-bond donors (Lipinski definition) is 2. The van der Waals surface area contributed by atoms with Crippen LogP contribution in [0.4, 0.5) is 4.39 Å². The second-order valence-corrected chi connectivity index (χ2v) is 3.19. The first kappa shape index (κ1) is 11.1. The van der Waals surface area contributed by atoms with Crippen molar-refractivity contribution in [1.29, 1.82) is 0 Å². The van der Waals surface area contributed by atoms with E-state index in [1.807, 2.05) is 0 Å². The molecule has 0 bridgehead atoms. The Morgan fingerprint density at radius 3 is 2.50 bits per heavy atom. The summed E-state index contributed by atoms with van der Waals surface area (Å²) >= 11 is 0. The van der Waals surface area contributed by atoms with Crippen molar-refractivity contribution in [2.45, 2.75) is 19.4 Å². The lowest BCUT2D eigenvalue weighted by molar-refractivity contribution is 0.283. The summed E-state index contributed by atoms with van der Waals surface area (Å²) in [6.45, 7) is 2.74. The number of aliphatic hydroxyl groups excluding tert-OH is 1. The summed E-state index contributed by atoms with van der Waals surface area (Å²) in [6.07, 6.45) is 0.922. The smallest absolute Gasteiger partial charge is 0.123 e. The number of nitrogens with one attached hydrogen (secondary N) is 1. The average molecular weight is 197 g/mol. The predicted molar refractivity (Wildman–Crippen MR) is 54.5 cm³/mol. The molecule has 1 aromatic rings. The van der Waals surface area contributed by atoms with Gasteiger partial charge in [-0.2, -0.15) is 0 Å². The van der Waals surface area contributed by atoms with Crippen molar-refractivity contribution < 1.29 is 9.50 Å². The maximum Gasteiger partial charge on any atom is 0.123 e. The van der Waals surface area contributed by atoms with Gasteiger partial charge >= 0.3 is 0 Å². The van der Waals surface area contributed by atoms with E-state index in [9.17, 15) is 4.39 Å².